The van der Waals surface area contributed by atoms with E-state index in [0.29, 0.717) is 0 Å². The van der Waals surface area contributed by atoms with E-state index in [4.69, 9.17) is 9.15 Å². The van der Waals surface area contributed by atoms with Crippen LogP contribution in [0.1, 0.15) is 18.1 Å². The molecule has 2 nitrogen and oxygen atoms in total. The molecule has 74 valence electrons. The van der Waals surface area contributed by atoms with Crippen molar-refractivity contribution in [3.8, 4) is 5.75 Å². The molecule has 0 aliphatic heterocycles. The average molecular weight is 190 g/mol. The van der Waals surface area contributed by atoms with Crippen LogP contribution in [0, 0.1) is 6.92 Å². The standard InChI is InChI=1S/C12H14O2/c1-4-9-5-10-8(2)7-14-12(10)11(6-9)13-3/h5-7H,4H2,1-3H3. The Labute approximate surface area is 83.5 Å². The molecule has 0 amide bonds. The largest absolute Gasteiger partial charge is 0.493 e. The summed E-state index contributed by atoms with van der Waals surface area (Å²) in [5.41, 5.74) is 3.29. The lowest BCUT2D eigenvalue weighted by atomic mass is 10.1. The van der Waals surface area contributed by atoms with Crippen molar-refractivity contribution in [2.45, 2.75) is 20.3 Å². The van der Waals surface area contributed by atoms with Gasteiger partial charge in [0.1, 0.15) is 0 Å². The third-order valence-electron chi connectivity index (χ3n) is 2.52. The van der Waals surface area contributed by atoms with Crippen LogP contribution in [0.3, 0.4) is 0 Å². The quantitative estimate of drug-likeness (QED) is 0.724. The lowest BCUT2D eigenvalue weighted by Gasteiger charge is -2.03. The topological polar surface area (TPSA) is 22.4 Å². The van der Waals surface area contributed by atoms with Gasteiger partial charge in [-0.15, -0.1) is 0 Å². The Morgan fingerprint density at radius 1 is 1.36 bits per heavy atom. The molecule has 0 saturated carbocycles. The fourth-order valence-electron chi connectivity index (χ4n) is 1.64. The van der Waals surface area contributed by atoms with E-state index < -0.39 is 0 Å². The molecular formula is C12H14O2. The van der Waals surface area contributed by atoms with Gasteiger partial charge in [-0.3, -0.25) is 0 Å². The highest BCUT2D eigenvalue weighted by molar-refractivity contribution is 5.86. The van der Waals surface area contributed by atoms with E-state index in [2.05, 4.69) is 13.0 Å². The summed E-state index contributed by atoms with van der Waals surface area (Å²) >= 11 is 0. The minimum absolute atomic E-state index is 0.826. The number of methoxy groups -OCH3 is 1. The SMILES string of the molecule is CCc1cc(OC)c2occ(C)c2c1. The van der Waals surface area contributed by atoms with Crippen LogP contribution in [-0.2, 0) is 6.42 Å². The number of hydrogen-bond acceptors (Lipinski definition) is 2. The first-order valence-electron chi connectivity index (χ1n) is 4.81. The third kappa shape index (κ3) is 1.27. The van der Waals surface area contributed by atoms with E-state index >= 15 is 0 Å². The molecule has 0 radical (unpaired) electrons. The zero-order chi connectivity index (χ0) is 10.1. The minimum atomic E-state index is 0.826. The highest BCUT2D eigenvalue weighted by Gasteiger charge is 2.09. The van der Waals surface area contributed by atoms with Crippen LogP contribution < -0.4 is 4.74 Å². The van der Waals surface area contributed by atoms with Crippen LogP contribution in [0.2, 0.25) is 0 Å². The number of furan rings is 1. The van der Waals surface area contributed by atoms with Gasteiger partial charge in [0.05, 0.1) is 13.4 Å². The monoisotopic (exact) mass is 190 g/mol. The van der Waals surface area contributed by atoms with Gasteiger partial charge in [-0.2, -0.15) is 0 Å². The summed E-state index contributed by atoms with van der Waals surface area (Å²) < 4.78 is 10.7. The summed E-state index contributed by atoms with van der Waals surface area (Å²) in [4.78, 5) is 0. The van der Waals surface area contributed by atoms with Crippen molar-refractivity contribution in [3.05, 3.63) is 29.5 Å². The highest BCUT2D eigenvalue weighted by atomic mass is 16.5. The molecule has 0 aliphatic rings. The predicted octanol–water partition coefficient (Wildman–Crippen LogP) is 3.31. The molecule has 1 aromatic carbocycles. The van der Waals surface area contributed by atoms with Crippen LogP contribution in [0.4, 0.5) is 0 Å². The number of hydrogen-bond donors (Lipinski definition) is 0. The fourth-order valence-corrected chi connectivity index (χ4v) is 1.64. The normalized spacial score (nSPS) is 10.8. The van der Waals surface area contributed by atoms with Gasteiger partial charge in [0.2, 0.25) is 0 Å². The molecule has 0 bridgehead atoms. The van der Waals surface area contributed by atoms with Crippen molar-refractivity contribution >= 4 is 11.0 Å². The Balaban J connectivity index is 2.76. The first kappa shape index (κ1) is 9.13. The molecule has 0 fully saturated rings. The van der Waals surface area contributed by atoms with Gasteiger partial charge in [0.15, 0.2) is 11.3 Å². The van der Waals surface area contributed by atoms with Crippen LogP contribution in [-0.4, -0.2) is 7.11 Å². The van der Waals surface area contributed by atoms with Gasteiger partial charge >= 0.3 is 0 Å². The molecule has 2 heteroatoms. The lowest BCUT2D eigenvalue weighted by Crippen LogP contribution is -1.87. The fraction of sp³-hybridized carbons (Fsp3) is 0.333. The van der Waals surface area contributed by atoms with Crippen molar-refractivity contribution in [1.29, 1.82) is 0 Å². The molecule has 2 aromatic rings. The molecule has 0 saturated heterocycles. The van der Waals surface area contributed by atoms with E-state index in [9.17, 15) is 0 Å². The predicted molar refractivity (Wildman–Crippen MR) is 56.9 cm³/mol. The summed E-state index contributed by atoms with van der Waals surface area (Å²) in [5.74, 6) is 0.826. The lowest BCUT2D eigenvalue weighted by molar-refractivity contribution is 0.410. The summed E-state index contributed by atoms with van der Waals surface area (Å²) in [7, 11) is 1.67. The van der Waals surface area contributed by atoms with Crippen molar-refractivity contribution in [2.24, 2.45) is 0 Å². The molecule has 0 spiro atoms. The number of aryl methyl sites for hydroxylation is 2. The smallest absolute Gasteiger partial charge is 0.175 e. The Bertz CT molecular complexity index is 455. The summed E-state index contributed by atoms with van der Waals surface area (Å²) in [5, 5.41) is 1.15. The van der Waals surface area contributed by atoms with Crippen LogP contribution >= 0.6 is 0 Å². The molecule has 1 heterocycles. The second kappa shape index (κ2) is 3.37. The van der Waals surface area contributed by atoms with E-state index in [1.807, 2.05) is 13.0 Å². The Kier molecular flexibility index (Phi) is 2.20. The highest BCUT2D eigenvalue weighted by Crippen LogP contribution is 2.31. The minimum Gasteiger partial charge on any atom is -0.493 e. The van der Waals surface area contributed by atoms with Crippen molar-refractivity contribution in [3.63, 3.8) is 0 Å². The summed E-state index contributed by atoms with van der Waals surface area (Å²) in [6.45, 7) is 4.18. The van der Waals surface area contributed by atoms with Crippen molar-refractivity contribution in [2.75, 3.05) is 7.11 Å². The zero-order valence-corrected chi connectivity index (χ0v) is 8.76. The Morgan fingerprint density at radius 2 is 2.14 bits per heavy atom. The van der Waals surface area contributed by atoms with E-state index in [1.165, 1.54) is 5.56 Å². The average Bonchev–Trinajstić information content (AvgIpc) is 2.59. The molecule has 2 rings (SSSR count). The number of benzene rings is 1. The first-order chi connectivity index (χ1) is 6.76. The summed E-state index contributed by atoms with van der Waals surface area (Å²) in [6, 6.07) is 4.20. The van der Waals surface area contributed by atoms with Crippen LogP contribution in [0.25, 0.3) is 11.0 Å². The van der Waals surface area contributed by atoms with Crippen molar-refractivity contribution in [1.82, 2.24) is 0 Å². The van der Waals surface area contributed by atoms with Gasteiger partial charge in [-0.05, 0) is 36.6 Å². The molecule has 1 aromatic heterocycles. The Hall–Kier alpha value is -1.44. The zero-order valence-electron chi connectivity index (χ0n) is 8.76. The van der Waals surface area contributed by atoms with Crippen LogP contribution in [0.5, 0.6) is 5.75 Å². The maximum atomic E-state index is 5.45. The van der Waals surface area contributed by atoms with E-state index in [0.717, 1.165) is 28.7 Å². The maximum Gasteiger partial charge on any atom is 0.175 e. The molecule has 0 N–H and O–H groups in total. The van der Waals surface area contributed by atoms with Gasteiger partial charge in [-0.25, -0.2) is 0 Å². The van der Waals surface area contributed by atoms with Gasteiger partial charge in [0, 0.05) is 5.39 Å². The van der Waals surface area contributed by atoms with E-state index in [-0.39, 0.29) is 0 Å². The second-order valence-electron chi connectivity index (χ2n) is 3.45. The number of rotatable bonds is 2. The van der Waals surface area contributed by atoms with E-state index in [1.54, 1.807) is 13.4 Å². The molecule has 0 unspecified atom stereocenters. The number of fused-ring (bicyclic) bond motifs is 1. The number of ether oxygens (including phenoxy) is 1. The molecule has 0 aliphatic carbocycles. The van der Waals surface area contributed by atoms with Gasteiger partial charge < -0.3 is 9.15 Å². The second-order valence-corrected chi connectivity index (χ2v) is 3.45. The van der Waals surface area contributed by atoms with Crippen LogP contribution in [0.15, 0.2) is 22.8 Å². The Morgan fingerprint density at radius 3 is 2.79 bits per heavy atom. The third-order valence-corrected chi connectivity index (χ3v) is 2.52. The molecule has 14 heavy (non-hydrogen) atoms. The molecule has 0 atom stereocenters. The van der Waals surface area contributed by atoms with Crippen molar-refractivity contribution < 1.29 is 9.15 Å². The van der Waals surface area contributed by atoms with Gasteiger partial charge in [0.25, 0.3) is 0 Å². The maximum absolute atomic E-state index is 5.45. The first-order valence-corrected chi connectivity index (χ1v) is 4.81. The molecular weight excluding hydrogens is 176 g/mol. The summed E-state index contributed by atoms with van der Waals surface area (Å²) in [6.07, 6.45) is 2.78. The van der Waals surface area contributed by atoms with Gasteiger partial charge in [-0.1, -0.05) is 6.92 Å².